The summed E-state index contributed by atoms with van der Waals surface area (Å²) >= 11 is 0. The van der Waals surface area contributed by atoms with Crippen LogP contribution in [0.1, 0.15) is 77.0 Å². The van der Waals surface area contributed by atoms with E-state index in [-0.39, 0.29) is 11.8 Å². The van der Waals surface area contributed by atoms with E-state index in [1.807, 2.05) is 12.4 Å². The van der Waals surface area contributed by atoms with Crippen molar-refractivity contribution in [3.05, 3.63) is 18.5 Å². The molecule has 0 aromatic carbocycles. The molecule has 1 saturated carbocycles. The van der Waals surface area contributed by atoms with Gasteiger partial charge in [0.05, 0.1) is 17.6 Å². The summed E-state index contributed by atoms with van der Waals surface area (Å²) in [5.74, 6) is 0.324. The minimum Gasteiger partial charge on any atom is -0.369 e. The van der Waals surface area contributed by atoms with Crippen LogP contribution in [0.4, 0.5) is 11.4 Å². The molecule has 2 aliphatic rings. The Balaban J connectivity index is 1.55. The Kier molecular flexibility index (Phi) is 6.50. The molecule has 4 rings (SSSR count). The first-order chi connectivity index (χ1) is 13.8. The highest BCUT2D eigenvalue weighted by molar-refractivity contribution is 6.03. The summed E-state index contributed by atoms with van der Waals surface area (Å²) in [4.78, 5) is 23.4. The average molecular weight is 383 g/mol. The third-order valence-corrected chi connectivity index (χ3v) is 6.46. The molecule has 0 bridgehead atoms. The van der Waals surface area contributed by atoms with E-state index in [1.165, 1.54) is 64.2 Å². The van der Waals surface area contributed by atoms with Crippen LogP contribution in [0.15, 0.2) is 18.5 Å². The van der Waals surface area contributed by atoms with Crippen molar-refractivity contribution >= 4 is 28.3 Å². The number of nitrogens with one attached hydrogen (secondary N) is 2. The molecule has 5 nitrogen and oxygen atoms in total. The second-order valence-electron chi connectivity index (χ2n) is 8.55. The second-order valence-corrected chi connectivity index (χ2v) is 8.55. The topological polar surface area (TPSA) is 61.0 Å². The lowest BCUT2D eigenvalue weighted by molar-refractivity contribution is -0.120. The van der Waals surface area contributed by atoms with Gasteiger partial charge in [0.25, 0.3) is 0 Å². The van der Waals surface area contributed by atoms with Gasteiger partial charge in [-0.2, -0.15) is 0 Å². The molecular formula is C23H34N4O. The number of carbonyl (C=O) groups excluding carboxylic acids is 1. The number of aromatic nitrogens is 2. The number of aromatic amines is 1. The largest absolute Gasteiger partial charge is 0.369 e. The van der Waals surface area contributed by atoms with Gasteiger partial charge in [-0.1, -0.05) is 44.9 Å². The number of hydrogen-bond donors (Lipinski definition) is 2. The van der Waals surface area contributed by atoms with E-state index in [1.54, 1.807) is 0 Å². The fourth-order valence-corrected chi connectivity index (χ4v) is 4.85. The van der Waals surface area contributed by atoms with Crippen LogP contribution in [0, 0.1) is 5.92 Å². The molecular weight excluding hydrogens is 348 g/mol. The van der Waals surface area contributed by atoms with Crippen molar-refractivity contribution in [2.45, 2.75) is 77.0 Å². The molecule has 28 heavy (non-hydrogen) atoms. The molecule has 5 heteroatoms. The monoisotopic (exact) mass is 382 g/mol. The van der Waals surface area contributed by atoms with E-state index >= 15 is 0 Å². The Hall–Kier alpha value is -2.04. The lowest BCUT2D eigenvalue weighted by Gasteiger charge is -2.31. The minimum atomic E-state index is 0.134. The first-order valence-electron chi connectivity index (χ1n) is 11.3. The van der Waals surface area contributed by atoms with Gasteiger partial charge in [-0.15, -0.1) is 0 Å². The Morgan fingerprint density at radius 2 is 1.61 bits per heavy atom. The summed E-state index contributed by atoms with van der Waals surface area (Å²) in [5, 5.41) is 4.40. The van der Waals surface area contributed by atoms with E-state index in [9.17, 15) is 4.79 Å². The average Bonchev–Trinajstić information content (AvgIpc) is 3.21. The van der Waals surface area contributed by atoms with Crippen molar-refractivity contribution in [2.75, 3.05) is 23.3 Å². The smallest absolute Gasteiger partial charge is 0.227 e. The van der Waals surface area contributed by atoms with E-state index in [4.69, 9.17) is 0 Å². The summed E-state index contributed by atoms with van der Waals surface area (Å²) in [6, 6.07) is 2.09. The van der Waals surface area contributed by atoms with E-state index < -0.39 is 0 Å². The number of amides is 1. The molecule has 2 aromatic rings. The Morgan fingerprint density at radius 3 is 2.32 bits per heavy atom. The van der Waals surface area contributed by atoms with Crippen LogP contribution in [0.25, 0.3) is 11.0 Å². The Labute approximate surface area is 168 Å². The van der Waals surface area contributed by atoms with Crippen LogP contribution in [0.5, 0.6) is 0 Å². The first kappa shape index (κ1) is 19.3. The number of nitrogens with zero attached hydrogens (tertiary/aromatic N) is 2. The highest BCUT2D eigenvalue weighted by Crippen LogP contribution is 2.35. The normalized spacial score (nSPS) is 20.2. The van der Waals surface area contributed by atoms with Crippen LogP contribution in [0.2, 0.25) is 0 Å². The van der Waals surface area contributed by atoms with Crippen molar-refractivity contribution in [1.29, 1.82) is 0 Å². The molecule has 3 heterocycles. The predicted octanol–water partition coefficient (Wildman–Crippen LogP) is 5.63. The SMILES string of the molecule is O=C(Nc1cnc2[nH]ccc2c1N1CCCCC1)C1CCCCCCCCC1. The zero-order valence-corrected chi connectivity index (χ0v) is 17.0. The second kappa shape index (κ2) is 9.44. The molecule has 1 amide bonds. The number of anilines is 2. The number of pyridine rings is 1. The van der Waals surface area contributed by atoms with Gasteiger partial charge in [0, 0.05) is 30.6 Å². The molecule has 0 unspecified atom stereocenters. The van der Waals surface area contributed by atoms with Crippen LogP contribution in [0.3, 0.4) is 0 Å². The van der Waals surface area contributed by atoms with Gasteiger partial charge in [0.15, 0.2) is 0 Å². The standard InChI is InChI=1S/C23H34N4O/c28-23(18-11-7-4-2-1-3-5-8-12-18)26-20-17-25-22-19(13-14-24-22)21(20)27-15-9-6-10-16-27/h13-14,17-18H,1-12,15-16H2,(H,24,25)(H,26,28). The van der Waals surface area contributed by atoms with Gasteiger partial charge in [-0.3, -0.25) is 4.79 Å². The minimum absolute atomic E-state index is 0.134. The Morgan fingerprint density at radius 1 is 0.964 bits per heavy atom. The fourth-order valence-electron chi connectivity index (χ4n) is 4.85. The Bertz CT molecular complexity index is 768. The van der Waals surface area contributed by atoms with Crippen LogP contribution < -0.4 is 10.2 Å². The highest BCUT2D eigenvalue weighted by atomic mass is 16.1. The van der Waals surface area contributed by atoms with Crippen LogP contribution in [-0.2, 0) is 4.79 Å². The van der Waals surface area contributed by atoms with E-state index in [0.717, 1.165) is 48.3 Å². The van der Waals surface area contributed by atoms with Gasteiger partial charge in [0.1, 0.15) is 5.65 Å². The van der Waals surface area contributed by atoms with E-state index in [0.29, 0.717) is 0 Å². The predicted molar refractivity (Wildman–Crippen MR) is 116 cm³/mol. The fraction of sp³-hybridized carbons (Fsp3) is 0.652. The lowest BCUT2D eigenvalue weighted by atomic mass is 9.91. The summed E-state index contributed by atoms with van der Waals surface area (Å²) < 4.78 is 0. The van der Waals surface area contributed by atoms with Gasteiger partial charge in [-0.25, -0.2) is 4.98 Å². The van der Waals surface area contributed by atoms with Crippen molar-refractivity contribution in [2.24, 2.45) is 5.92 Å². The first-order valence-corrected chi connectivity index (χ1v) is 11.3. The van der Waals surface area contributed by atoms with Crippen LogP contribution in [-0.4, -0.2) is 29.0 Å². The molecule has 0 radical (unpaired) electrons. The van der Waals surface area contributed by atoms with Gasteiger partial charge < -0.3 is 15.2 Å². The number of rotatable bonds is 3. The summed E-state index contributed by atoms with van der Waals surface area (Å²) in [7, 11) is 0. The maximum absolute atomic E-state index is 13.2. The number of hydrogen-bond acceptors (Lipinski definition) is 3. The number of carbonyl (C=O) groups is 1. The molecule has 1 aliphatic carbocycles. The zero-order chi connectivity index (χ0) is 19.2. The zero-order valence-electron chi connectivity index (χ0n) is 17.0. The quantitative estimate of drug-likeness (QED) is 0.723. The van der Waals surface area contributed by atoms with Crippen molar-refractivity contribution in [3.8, 4) is 0 Å². The molecule has 0 atom stereocenters. The third kappa shape index (κ3) is 4.50. The van der Waals surface area contributed by atoms with Gasteiger partial charge in [0.2, 0.25) is 5.91 Å². The number of H-pyrrole nitrogens is 1. The summed E-state index contributed by atoms with van der Waals surface area (Å²) in [6.45, 7) is 2.10. The van der Waals surface area contributed by atoms with Crippen molar-refractivity contribution in [3.63, 3.8) is 0 Å². The molecule has 1 aliphatic heterocycles. The maximum Gasteiger partial charge on any atom is 0.227 e. The van der Waals surface area contributed by atoms with Gasteiger partial charge in [-0.05, 0) is 38.2 Å². The maximum atomic E-state index is 13.2. The highest BCUT2D eigenvalue weighted by Gasteiger charge is 2.23. The number of fused-ring (bicyclic) bond motifs is 1. The molecule has 2 fully saturated rings. The summed E-state index contributed by atoms with van der Waals surface area (Å²) in [6.07, 6.45) is 18.4. The summed E-state index contributed by atoms with van der Waals surface area (Å²) in [5.41, 5.74) is 2.94. The molecule has 152 valence electrons. The lowest BCUT2D eigenvalue weighted by Crippen LogP contribution is -2.31. The molecule has 0 spiro atoms. The van der Waals surface area contributed by atoms with Crippen molar-refractivity contribution in [1.82, 2.24) is 9.97 Å². The number of piperidine rings is 1. The van der Waals surface area contributed by atoms with E-state index in [2.05, 4.69) is 26.3 Å². The van der Waals surface area contributed by atoms with Gasteiger partial charge >= 0.3 is 0 Å². The molecule has 2 N–H and O–H groups in total. The van der Waals surface area contributed by atoms with Crippen molar-refractivity contribution < 1.29 is 4.79 Å². The molecule has 1 saturated heterocycles. The van der Waals surface area contributed by atoms with Crippen LogP contribution >= 0.6 is 0 Å². The third-order valence-electron chi connectivity index (χ3n) is 6.46. The molecule has 2 aromatic heterocycles.